The van der Waals surface area contributed by atoms with Crippen molar-refractivity contribution in [3.63, 3.8) is 0 Å². The lowest BCUT2D eigenvalue weighted by Gasteiger charge is -2.14. The third-order valence-electron chi connectivity index (χ3n) is 2.98. The van der Waals surface area contributed by atoms with Crippen molar-refractivity contribution < 1.29 is 4.92 Å². The molecule has 0 amide bonds. The summed E-state index contributed by atoms with van der Waals surface area (Å²) >= 11 is 0. The minimum Gasteiger partial charge on any atom is -0.373 e. The van der Waals surface area contributed by atoms with Crippen molar-refractivity contribution in [2.45, 2.75) is 25.8 Å². The van der Waals surface area contributed by atoms with E-state index in [0.29, 0.717) is 23.6 Å². The van der Waals surface area contributed by atoms with Gasteiger partial charge < -0.3 is 10.6 Å². The van der Waals surface area contributed by atoms with Crippen molar-refractivity contribution in [2.24, 2.45) is 5.92 Å². The first-order valence-corrected chi connectivity index (χ1v) is 5.71. The van der Waals surface area contributed by atoms with Gasteiger partial charge in [0.05, 0.1) is 17.1 Å². The summed E-state index contributed by atoms with van der Waals surface area (Å²) < 4.78 is 0. The second-order valence-electron chi connectivity index (χ2n) is 4.37. The highest BCUT2D eigenvalue weighted by Crippen LogP contribution is 2.34. The Morgan fingerprint density at radius 2 is 2.12 bits per heavy atom. The summed E-state index contributed by atoms with van der Waals surface area (Å²) in [6.07, 6.45) is 2.45. The molecule has 0 aliphatic heterocycles. The van der Waals surface area contributed by atoms with E-state index in [2.05, 4.69) is 22.5 Å². The van der Waals surface area contributed by atoms with Crippen LogP contribution in [0.3, 0.4) is 0 Å². The molecule has 2 N–H and O–H groups in total. The van der Waals surface area contributed by atoms with Crippen LogP contribution in [0.2, 0.25) is 0 Å². The third kappa shape index (κ3) is 2.83. The molecule has 0 spiro atoms. The van der Waals surface area contributed by atoms with Crippen LogP contribution in [0.4, 0.5) is 17.3 Å². The van der Waals surface area contributed by atoms with Gasteiger partial charge in [0.25, 0.3) is 5.69 Å². The summed E-state index contributed by atoms with van der Waals surface area (Å²) in [5, 5.41) is 16.8. The van der Waals surface area contributed by atoms with Gasteiger partial charge in [-0.15, -0.1) is 0 Å². The number of aromatic nitrogens is 1. The molecule has 1 fully saturated rings. The molecule has 0 bridgehead atoms. The lowest BCUT2D eigenvalue weighted by Crippen LogP contribution is -2.18. The van der Waals surface area contributed by atoms with Crippen molar-refractivity contribution in [3.05, 3.63) is 22.2 Å². The average molecular weight is 236 g/mol. The maximum atomic E-state index is 10.8. The molecule has 1 atom stereocenters. The zero-order chi connectivity index (χ0) is 12.4. The van der Waals surface area contributed by atoms with Crippen LogP contribution in [-0.2, 0) is 0 Å². The first kappa shape index (κ1) is 11.6. The lowest BCUT2D eigenvalue weighted by molar-refractivity contribution is -0.384. The zero-order valence-corrected chi connectivity index (χ0v) is 9.93. The van der Waals surface area contributed by atoms with E-state index in [1.807, 2.05) is 0 Å². The predicted octanol–water partition coefficient (Wildman–Crippen LogP) is 2.24. The second-order valence-corrected chi connectivity index (χ2v) is 4.37. The zero-order valence-electron chi connectivity index (χ0n) is 9.93. The van der Waals surface area contributed by atoms with Gasteiger partial charge in [0, 0.05) is 13.1 Å². The van der Waals surface area contributed by atoms with Crippen molar-refractivity contribution in [1.82, 2.24) is 4.98 Å². The van der Waals surface area contributed by atoms with E-state index < -0.39 is 4.92 Å². The molecule has 1 aliphatic rings. The van der Waals surface area contributed by atoms with E-state index in [1.165, 1.54) is 25.0 Å². The molecule has 6 heteroatoms. The lowest BCUT2D eigenvalue weighted by atomic mass is 10.2. The number of hydrogen-bond acceptors (Lipinski definition) is 5. The molecule has 92 valence electrons. The van der Waals surface area contributed by atoms with E-state index in [1.54, 1.807) is 7.05 Å². The van der Waals surface area contributed by atoms with Gasteiger partial charge in [-0.05, 0) is 25.7 Å². The van der Waals surface area contributed by atoms with E-state index >= 15 is 0 Å². The molecule has 6 nitrogen and oxygen atoms in total. The molecule has 1 saturated carbocycles. The fourth-order valence-electron chi connectivity index (χ4n) is 1.77. The molecule has 2 rings (SSSR count). The molecule has 1 aromatic heterocycles. The Hall–Kier alpha value is -1.85. The van der Waals surface area contributed by atoms with Gasteiger partial charge in [-0.3, -0.25) is 10.1 Å². The van der Waals surface area contributed by atoms with Gasteiger partial charge in [-0.2, -0.15) is 0 Å². The third-order valence-corrected chi connectivity index (χ3v) is 2.98. The maximum Gasteiger partial charge on any atom is 0.276 e. The van der Waals surface area contributed by atoms with E-state index in [4.69, 9.17) is 0 Å². The van der Waals surface area contributed by atoms with E-state index in [0.717, 1.165) is 0 Å². The highest BCUT2D eigenvalue weighted by molar-refractivity contribution is 5.54. The Bertz CT molecular complexity index is 431. The quantitative estimate of drug-likeness (QED) is 0.605. The number of rotatable bonds is 5. The Labute approximate surface area is 99.6 Å². The number of anilines is 2. The number of nitrogens with one attached hydrogen (secondary N) is 2. The summed E-state index contributed by atoms with van der Waals surface area (Å²) in [6, 6.07) is 3.21. The molecular weight excluding hydrogens is 220 g/mol. The van der Waals surface area contributed by atoms with Crippen LogP contribution in [0.25, 0.3) is 0 Å². The van der Waals surface area contributed by atoms with Crippen LogP contribution >= 0.6 is 0 Å². The highest BCUT2D eigenvalue weighted by Gasteiger charge is 2.28. The normalized spacial score (nSPS) is 16.4. The predicted molar refractivity (Wildman–Crippen MR) is 66.2 cm³/mol. The van der Waals surface area contributed by atoms with Crippen molar-refractivity contribution in [1.29, 1.82) is 0 Å². The molecule has 1 unspecified atom stereocenters. The Morgan fingerprint density at radius 3 is 2.65 bits per heavy atom. The van der Waals surface area contributed by atoms with Crippen LogP contribution in [0.5, 0.6) is 0 Å². The molecule has 1 aromatic rings. The van der Waals surface area contributed by atoms with Crippen LogP contribution in [-0.4, -0.2) is 23.0 Å². The first-order valence-electron chi connectivity index (χ1n) is 5.71. The van der Waals surface area contributed by atoms with Gasteiger partial charge in [0.15, 0.2) is 0 Å². The minimum absolute atomic E-state index is 0.0508. The van der Waals surface area contributed by atoms with Gasteiger partial charge >= 0.3 is 0 Å². The molecular formula is C11H16N4O2. The molecule has 1 aliphatic carbocycles. The van der Waals surface area contributed by atoms with Crippen molar-refractivity contribution >= 4 is 17.3 Å². The standard InChI is InChI=1S/C11H16N4O2/c1-7(8-3-4-8)13-11-6-9(15(16)17)5-10(12-2)14-11/h5-8H,3-4H2,1-2H3,(H2,12,13,14). The van der Waals surface area contributed by atoms with Gasteiger partial charge in [0.1, 0.15) is 11.6 Å². The summed E-state index contributed by atoms with van der Waals surface area (Å²) in [6.45, 7) is 2.08. The Kier molecular flexibility index (Phi) is 3.12. The number of hydrogen-bond donors (Lipinski definition) is 2. The summed E-state index contributed by atoms with van der Waals surface area (Å²) in [7, 11) is 1.69. The molecule has 0 aromatic carbocycles. The molecule has 0 saturated heterocycles. The van der Waals surface area contributed by atoms with Crippen LogP contribution in [0.1, 0.15) is 19.8 Å². The highest BCUT2D eigenvalue weighted by atomic mass is 16.6. The molecule has 0 radical (unpaired) electrons. The first-order chi connectivity index (χ1) is 8.10. The summed E-state index contributed by atoms with van der Waals surface area (Å²) in [4.78, 5) is 14.6. The Balaban J connectivity index is 2.19. The molecule has 1 heterocycles. The fourth-order valence-corrected chi connectivity index (χ4v) is 1.77. The molecule has 17 heavy (non-hydrogen) atoms. The number of nitro groups is 1. The fraction of sp³-hybridized carbons (Fsp3) is 0.545. The van der Waals surface area contributed by atoms with Gasteiger partial charge in [0.2, 0.25) is 0 Å². The second kappa shape index (κ2) is 4.57. The van der Waals surface area contributed by atoms with Crippen molar-refractivity contribution in [2.75, 3.05) is 17.7 Å². The minimum atomic E-state index is -0.407. The average Bonchev–Trinajstić information content (AvgIpc) is 3.12. The van der Waals surface area contributed by atoms with Gasteiger partial charge in [-0.25, -0.2) is 4.98 Å². The largest absolute Gasteiger partial charge is 0.373 e. The Morgan fingerprint density at radius 1 is 1.47 bits per heavy atom. The summed E-state index contributed by atoms with van der Waals surface area (Å²) in [5.41, 5.74) is 0.0508. The topological polar surface area (TPSA) is 80.1 Å². The SMILES string of the molecule is CNc1cc([N+](=O)[O-])cc(NC(C)C2CC2)n1. The number of nitrogens with zero attached hydrogens (tertiary/aromatic N) is 2. The smallest absolute Gasteiger partial charge is 0.276 e. The van der Waals surface area contributed by atoms with E-state index in [-0.39, 0.29) is 5.69 Å². The number of pyridine rings is 1. The monoisotopic (exact) mass is 236 g/mol. The van der Waals surface area contributed by atoms with E-state index in [9.17, 15) is 10.1 Å². The van der Waals surface area contributed by atoms with Gasteiger partial charge in [-0.1, -0.05) is 0 Å². The van der Waals surface area contributed by atoms with Crippen LogP contribution < -0.4 is 10.6 Å². The van der Waals surface area contributed by atoms with Crippen molar-refractivity contribution in [3.8, 4) is 0 Å². The maximum absolute atomic E-state index is 10.8. The van der Waals surface area contributed by atoms with Crippen LogP contribution in [0, 0.1) is 16.0 Å². The summed E-state index contributed by atoms with van der Waals surface area (Å²) in [5.74, 6) is 1.74. The van der Waals surface area contributed by atoms with Crippen LogP contribution in [0.15, 0.2) is 12.1 Å².